The van der Waals surface area contributed by atoms with Gasteiger partial charge in [-0.2, -0.15) is 0 Å². The van der Waals surface area contributed by atoms with E-state index < -0.39 is 0 Å². The summed E-state index contributed by atoms with van der Waals surface area (Å²) >= 11 is 0. The van der Waals surface area contributed by atoms with Crippen LogP contribution >= 0.6 is 0 Å². The smallest absolute Gasteiger partial charge is 0.236 e. The van der Waals surface area contributed by atoms with E-state index in [1.54, 1.807) is 0 Å². The van der Waals surface area contributed by atoms with Gasteiger partial charge in [-0.05, 0) is 44.7 Å². The molecule has 1 unspecified atom stereocenters. The van der Waals surface area contributed by atoms with Gasteiger partial charge in [-0.3, -0.25) is 9.69 Å². The summed E-state index contributed by atoms with van der Waals surface area (Å²) in [5, 5.41) is 12.3. The lowest BCUT2D eigenvalue weighted by molar-refractivity contribution is -0.132. The van der Waals surface area contributed by atoms with Crippen molar-refractivity contribution in [1.29, 1.82) is 0 Å². The molecule has 19 heavy (non-hydrogen) atoms. The highest BCUT2D eigenvalue weighted by molar-refractivity contribution is 5.78. The molecule has 0 aliphatic carbocycles. The van der Waals surface area contributed by atoms with Crippen LogP contribution in [0.2, 0.25) is 0 Å². The summed E-state index contributed by atoms with van der Waals surface area (Å²) in [6.45, 7) is 6.49. The first-order valence-electron chi connectivity index (χ1n) is 7.61. The van der Waals surface area contributed by atoms with Crippen LogP contribution in [0.4, 0.5) is 0 Å². The predicted octanol–water partition coefficient (Wildman–Crippen LogP) is -0.0973. The first-order valence-corrected chi connectivity index (χ1v) is 7.61. The highest BCUT2D eigenvalue weighted by Gasteiger charge is 2.23. The predicted molar refractivity (Wildman–Crippen MR) is 74.9 cm³/mol. The van der Waals surface area contributed by atoms with Crippen LogP contribution in [0.3, 0.4) is 0 Å². The molecule has 0 aromatic rings. The van der Waals surface area contributed by atoms with E-state index in [1.165, 1.54) is 6.42 Å². The SMILES string of the molecule is O=C(CN1CCCC(CCO)C1)N1CCCNCC1. The Bertz CT molecular complexity index is 276. The van der Waals surface area contributed by atoms with Crippen LogP contribution in [0.25, 0.3) is 0 Å². The maximum absolute atomic E-state index is 12.3. The van der Waals surface area contributed by atoms with Gasteiger partial charge in [-0.25, -0.2) is 0 Å². The number of carbonyl (C=O) groups is 1. The monoisotopic (exact) mass is 269 g/mol. The quantitative estimate of drug-likeness (QED) is 0.748. The van der Waals surface area contributed by atoms with Gasteiger partial charge in [0.2, 0.25) is 5.91 Å². The average molecular weight is 269 g/mol. The molecular weight excluding hydrogens is 242 g/mol. The van der Waals surface area contributed by atoms with Gasteiger partial charge in [0.15, 0.2) is 0 Å². The molecule has 2 aliphatic rings. The minimum Gasteiger partial charge on any atom is -0.396 e. The molecule has 0 aromatic carbocycles. The summed E-state index contributed by atoms with van der Waals surface area (Å²) in [6, 6.07) is 0. The molecule has 5 nitrogen and oxygen atoms in total. The molecule has 0 saturated carbocycles. The molecule has 2 N–H and O–H groups in total. The van der Waals surface area contributed by atoms with Crippen molar-refractivity contribution in [2.45, 2.75) is 25.7 Å². The fraction of sp³-hybridized carbons (Fsp3) is 0.929. The molecule has 110 valence electrons. The van der Waals surface area contributed by atoms with Crippen molar-refractivity contribution in [3.8, 4) is 0 Å². The minimum atomic E-state index is 0.268. The average Bonchev–Trinajstić information content (AvgIpc) is 2.68. The number of piperidine rings is 1. The van der Waals surface area contributed by atoms with Crippen molar-refractivity contribution in [1.82, 2.24) is 15.1 Å². The van der Waals surface area contributed by atoms with Crippen molar-refractivity contribution in [2.75, 3.05) is 52.4 Å². The molecule has 2 fully saturated rings. The maximum Gasteiger partial charge on any atom is 0.236 e. The van der Waals surface area contributed by atoms with Crippen LogP contribution in [-0.2, 0) is 4.79 Å². The van der Waals surface area contributed by atoms with Crippen molar-refractivity contribution in [3.05, 3.63) is 0 Å². The van der Waals surface area contributed by atoms with E-state index in [0.717, 1.165) is 58.5 Å². The van der Waals surface area contributed by atoms with Gasteiger partial charge in [0.1, 0.15) is 0 Å². The van der Waals surface area contributed by atoms with Crippen molar-refractivity contribution < 1.29 is 9.90 Å². The number of aliphatic hydroxyl groups is 1. The molecule has 2 rings (SSSR count). The molecule has 1 atom stereocenters. The third-order valence-corrected chi connectivity index (χ3v) is 4.19. The summed E-state index contributed by atoms with van der Waals surface area (Å²) in [5.74, 6) is 0.839. The second-order valence-electron chi connectivity index (χ2n) is 5.74. The fourth-order valence-electron chi connectivity index (χ4n) is 3.10. The van der Waals surface area contributed by atoms with Gasteiger partial charge in [0.25, 0.3) is 0 Å². The molecule has 0 radical (unpaired) electrons. The summed E-state index contributed by atoms with van der Waals surface area (Å²) in [7, 11) is 0. The molecular formula is C14H27N3O2. The first-order chi connectivity index (χ1) is 9.29. The van der Waals surface area contributed by atoms with E-state index >= 15 is 0 Å². The Morgan fingerprint density at radius 1 is 1.21 bits per heavy atom. The number of hydrogen-bond donors (Lipinski definition) is 2. The summed E-state index contributed by atoms with van der Waals surface area (Å²) in [6.07, 6.45) is 4.27. The van der Waals surface area contributed by atoms with Crippen LogP contribution in [-0.4, -0.2) is 73.2 Å². The van der Waals surface area contributed by atoms with Crippen molar-refractivity contribution in [3.63, 3.8) is 0 Å². The van der Waals surface area contributed by atoms with E-state index in [9.17, 15) is 4.79 Å². The summed E-state index contributed by atoms with van der Waals surface area (Å²) in [4.78, 5) is 16.6. The molecule has 5 heteroatoms. The number of rotatable bonds is 4. The molecule has 2 saturated heterocycles. The van der Waals surface area contributed by atoms with Gasteiger partial charge < -0.3 is 15.3 Å². The van der Waals surface area contributed by atoms with Gasteiger partial charge >= 0.3 is 0 Å². The molecule has 2 heterocycles. The third kappa shape index (κ3) is 4.75. The second kappa shape index (κ2) is 7.82. The number of nitrogens with one attached hydrogen (secondary N) is 1. The van der Waals surface area contributed by atoms with Gasteiger partial charge in [0, 0.05) is 32.8 Å². The lowest BCUT2D eigenvalue weighted by atomic mass is 9.95. The molecule has 0 bridgehead atoms. The maximum atomic E-state index is 12.3. The zero-order valence-corrected chi connectivity index (χ0v) is 11.8. The molecule has 1 amide bonds. The van der Waals surface area contributed by atoms with Gasteiger partial charge in [-0.15, -0.1) is 0 Å². The number of nitrogens with zero attached hydrogens (tertiary/aromatic N) is 2. The lowest BCUT2D eigenvalue weighted by Gasteiger charge is -2.33. The lowest BCUT2D eigenvalue weighted by Crippen LogP contribution is -2.45. The molecule has 0 spiro atoms. The molecule has 0 aromatic heterocycles. The van der Waals surface area contributed by atoms with Crippen LogP contribution < -0.4 is 5.32 Å². The minimum absolute atomic E-state index is 0.268. The van der Waals surface area contributed by atoms with Crippen molar-refractivity contribution >= 4 is 5.91 Å². The van der Waals surface area contributed by atoms with Gasteiger partial charge in [0.05, 0.1) is 6.54 Å². The summed E-state index contributed by atoms with van der Waals surface area (Å²) in [5.41, 5.74) is 0. The van der Waals surface area contributed by atoms with Crippen molar-refractivity contribution in [2.24, 2.45) is 5.92 Å². The van der Waals surface area contributed by atoms with Crippen LogP contribution in [0.15, 0.2) is 0 Å². The van der Waals surface area contributed by atoms with Crippen LogP contribution in [0.1, 0.15) is 25.7 Å². The molecule has 2 aliphatic heterocycles. The Hall–Kier alpha value is -0.650. The fourth-order valence-corrected chi connectivity index (χ4v) is 3.10. The van der Waals surface area contributed by atoms with E-state index in [4.69, 9.17) is 5.11 Å². The first kappa shape index (κ1) is 14.8. The van der Waals surface area contributed by atoms with E-state index in [0.29, 0.717) is 12.5 Å². The Morgan fingerprint density at radius 3 is 2.95 bits per heavy atom. The van der Waals surface area contributed by atoms with E-state index in [2.05, 4.69) is 10.2 Å². The Morgan fingerprint density at radius 2 is 2.11 bits per heavy atom. The second-order valence-corrected chi connectivity index (χ2v) is 5.74. The zero-order chi connectivity index (χ0) is 13.5. The van der Waals surface area contributed by atoms with E-state index in [-0.39, 0.29) is 12.5 Å². The Kier molecular flexibility index (Phi) is 6.07. The number of carbonyl (C=O) groups excluding carboxylic acids is 1. The highest BCUT2D eigenvalue weighted by Crippen LogP contribution is 2.19. The summed E-state index contributed by atoms with van der Waals surface area (Å²) < 4.78 is 0. The number of aliphatic hydroxyl groups excluding tert-OH is 1. The Labute approximate surface area is 115 Å². The van der Waals surface area contributed by atoms with Crippen LogP contribution in [0, 0.1) is 5.92 Å². The third-order valence-electron chi connectivity index (χ3n) is 4.19. The standard InChI is InChI=1S/C14H27N3O2/c18-10-4-13-3-1-7-16(11-13)12-14(19)17-8-2-5-15-6-9-17/h13,15,18H,1-12H2. The number of amides is 1. The normalized spacial score (nSPS) is 26.2. The van der Waals surface area contributed by atoms with E-state index in [1.807, 2.05) is 4.90 Å². The topological polar surface area (TPSA) is 55.8 Å². The zero-order valence-electron chi connectivity index (χ0n) is 11.8. The number of likely N-dealkylation sites (tertiary alicyclic amines) is 1. The largest absolute Gasteiger partial charge is 0.396 e. The van der Waals surface area contributed by atoms with Crippen LogP contribution in [0.5, 0.6) is 0 Å². The highest BCUT2D eigenvalue weighted by atomic mass is 16.3. The van der Waals surface area contributed by atoms with Gasteiger partial charge in [-0.1, -0.05) is 0 Å². The Balaban J connectivity index is 1.77. The number of hydrogen-bond acceptors (Lipinski definition) is 4.